The van der Waals surface area contributed by atoms with Crippen LogP contribution in [-0.4, -0.2) is 44.9 Å². The van der Waals surface area contributed by atoms with E-state index in [2.05, 4.69) is 52.8 Å². The molecule has 5 nitrogen and oxygen atoms in total. The van der Waals surface area contributed by atoms with Crippen LogP contribution >= 0.6 is 0 Å². The van der Waals surface area contributed by atoms with Gasteiger partial charge in [-0.05, 0) is 29.8 Å². The average molecular weight is 380 g/mol. The van der Waals surface area contributed by atoms with Crippen molar-refractivity contribution in [1.29, 1.82) is 0 Å². The lowest BCUT2D eigenvalue weighted by molar-refractivity contribution is -0.921. The smallest absolute Gasteiger partial charge is 0.153 e. The molecule has 2 aliphatic rings. The Morgan fingerprint density at radius 3 is 2.89 bits per heavy atom. The second kappa shape index (κ2) is 7.59. The van der Waals surface area contributed by atoms with Crippen LogP contribution in [0.1, 0.15) is 28.4 Å². The molecule has 4 N–H and O–H groups in total. The first-order valence-corrected chi connectivity index (χ1v) is 10.3. The van der Waals surface area contributed by atoms with E-state index in [1.54, 1.807) is 12.0 Å². The summed E-state index contributed by atoms with van der Waals surface area (Å²) < 4.78 is 11.2. The van der Waals surface area contributed by atoms with Crippen LogP contribution in [0.5, 0.6) is 5.75 Å². The molecular weight excluding hydrogens is 350 g/mol. The van der Waals surface area contributed by atoms with Crippen LogP contribution in [0.15, 0.2) is 42.5 Å². The van der Waals surface area contributed by atoms with E-state index in [4.69, 9.17) is 9.47 Å². The molecule has 2 aromatic carbocycles. The number of ether oxygens (including phenoxy) is 2. The molecule has 0 amide bonds. The molecule has 28 heavy (non-hydrogen) atoms. The predicted octanol–water partition coefficient (Wildman–Crippen LogP) is 0.801. The molecule has 3 aromatic rings. The van der Waals surface area contributed by atoms with Crippen molar-refractivity contribution in [2.45, 2.75) is 19.0 Å². The Bertz CT molecular complexity index is 975. The highest BCUT2D eigenvalue weighted by molar-refractivity contribution is 5.85. The maximum atomic E-state index is 5.68. The van der Waals surface area contributed by atoms with Crippen molar-refractivity contribution in [2.75, 3.05) is 40.0 Å². The highest BCUT2D eigenvalue weighted by atomic mass is 16.5. The maximum absolute atomic E-state index is 5.68. The van der Waals surface area contributed by atoms with Crippen molar-refractivity contribution < 1.29 is 19.7 Å². The zero-order valence-electron chi connectivity index (χ0n) is 16.5. The Kier molecular flexibility index (Phi) is 4.81. The summed E-state index contributed by atoms with van der Waals surface area (Å²) in [5, 5.41) is 3.84. The lowest BCUT2D eigenvalue weighted by Crippen LogP contribution is -3.12. The van der Waals surface area contributed by atoms with Crippen molar-refractivity contribution in [3.8, 4) is 5.75 Å². The zero-order chi connectivity index (χ0) is 18.9. The monoisotopic (exact) mass is 379 g/mol. The number of para-hydroxylation sites is 1. The molecular formula is C23H29N3O2+2. The summed E-state index contributed by atoms with van der Waals surface area (Å²) in [5.41, 5.74) is 6.75. The van der Waals surface area contributed by atoms with Crippen LogP contribution in [0.4, 0.5) is 0 Å². The van der Waals surface area contributed by atoms with E-state index < -0.39 is 0 Å². The van der Waals surface area contributed by atoms with Gasteiger partial charge in [-0.2, -0.15) is 0 Å². The van der Waals surface area contributed by atoms with Crippen molar-refractivity contribution in [2.24, 2.45) is 0 Å². The van der Waals surface area contributed by atoms with Crippen LogP contribution in [0.2, 0.25) is 0 Å². The number of quaternary nitrogens is 2. The number of aromatic nitrogens is 1. The SMILES string of the molecule is COc1ccc([C@@H]2[NH2+]CCc3c2[nH]c2ccccc32)cc1C[NH+]1CCOCC1. The van der Waals surface area contributed by atoms with E-state index >= 15 is 0 Å². The summed E-state index contributed by atoms with van der Waals surface area (Å²) >= 11 is 0. The molecule has 5 rings (SSSR count). The van der Waals surface area contributed by atoms with Gasteiger partial charge in [0.1, 0.15) is 25.4 Å². The van der Waals surface area contributed by atoms with Gasteiger partial charge in [0.05, 0.1) is 32.6 Å². The summed E-state index contributed by atoms with van der Waals surface area (Å²) in [6, 6.07) is 15.7. The van der Waals surface area contributed by atoms with Crippen molar-refractivity contribution in [3.63, 3.8) is 0 Å². The van der Waals surface area contributed by atoms with Gasteiger partial charge in [-0.25, -0.2) is 0 Å². The molecule has 1 saturated heterocycles. The first-order valence-electron chi connectivity index (χ1n) is 10.3. The van der Waals surface area contributed by atoms with E-state index in [0.29, 0.717) is 6.04 Å². The molecule has 5 heteroatoms. The number of benzene rings is 2. The summed E-state index contributed by atoms with van der Waals surface area (Å²) in [6.07, 6.45) is 1.12. The highest BCUT2D eigenvalue weighted by Gasteiger charge is 2.29. The minimum absolute atomic E-state index is 0.320. The molecule has 3 heterocycles. The van der Waals surface area contributed by atoms with Gasteiger partial charge in [0, 0.05) is 28.5 Å². The number of morpholine rings is 1. The highest BCUT2D eigenvalue weighted by Crippen LogP contribution is 2.32. The molecule has 0 spiro atoms. The van der Waals surface area contributed by atoms with Gasteiger partial charge in [-0.3, -0.25) is 0 Å². The van der Waals surface area contributed by atoms with Crippen molar-refractivity contribution >= 4 is 10.9 Å². The van der Waals surface area contributed by atoms with Gasteiger partial charge in [-0.1, -0.05) is 18.2 Å². The number of fused-ring (bicyclic) bond motifs is 3. The lowest BCUT2D eigenvalue weighted by atomic mass is 9.93. The normalized spacial score (nSPS) is 20.2. The Morgan fingerprint density at radius 2 is 2.04 bits per heavy atom. The quantitative estimate of drug-likeness (QED) is 0.628. The van der Waals surface area contributed by atoms with Gasteiger partial charge < -0.3 is 24.7 Å². The van der Waals surface area contributed by atoms with Crippen LogP contribution in [0, 0.1) is 0 Å². The molecule has 1 atom stereocenters. The van der Waals surface area contributed by atoms with Gasteiger partial charge >= 0.3 is 0 Å². The summed E-state index contributed by atoms with van der Waals surface area (Å²) in [4.78, 5) is 5.28. The third-order valence-corrected chi connectivity index (χ3v) is 6.26. The number of methoxy groups -OCH3 is 1. The van der Waals surface area contributed by atoms with E-state index in [1.807, 2.05) is 0 Å². The van der Waals surface area contributed by atoms with Gasteiger partial charge in [-0.15, -0.1) is 0 Å². The molecule has 0 radical (unpaired) electrons. The van der Waals surface area contributed by atoms with Crippen molar-refractivity contribution in [1.82, 2.24) is 4.98 Å². The first kappa shape index (κ1) is 17.7. The predicted molar refractivity (Wildman–Crippen MR) is 109 cm³/mol. The molecule has 0 unspecified atom stereocenters. The molecule has 1 fully saturated rings. The average Bonchev–Trinajstić information content (AvgIpc) is 3.13. The summed E-state index contributed by atoms with van der Waals surface area (Å²) in [6.45, 7) is 5.95. The fourth-order valence-electron chi connectivity index (χ4n) is 4.81. The Labute approximate surface area is 165 Å². The number of hydrogen-bond donors (Lipinski definition) is 3. The molecule has 0 aliphatic carbocycles. The fourth-order valence-corrected chi connectivity index (χ4v) is 4.81. The van der Waals surface area contributed by atoms with Crippen LogP contribution < -0.4 is 15.0 Å². The van der Waals surface area contributed by atoms with Crippen LogP contribution in [-0.2, 0) is 17.7 Å². The molecule has 1 aromatic heterocycles. The third kappa shape index (κ3) is 3.20. The maximum Gasteiger partial charge on any atom is 0.153 e. The molecule has 0 saturated carbocycles. The van der Waals surface area contributed by atoms with E-state index in [1.165, 1.54) is 33.3 Å². The fraction of sp³-hybridized carbons (Fsp3) is 0.391. The molecule has 0 bridgehead atoms. The van der Waals surface area contributed by atoms with Crippen LogP contribution in [0.3, 0.4) is 0 Å². The van der Waals surface area contributed by atoms with Gasteiger partial charge in [0.15, 0.2) is 6.04 Å². The second-order valence-corrected chi connectivity index (χ2v) is 7.93. The first-order chi connectivity index (χ1) is 13.8. The number of nitrogens with two attached hydrogens (primary N) is 1. The number of nitrogens with one attached hydrogen (secondary N) is 2. The number of rotatable bonds is 4. The summed E-state index contributed by atoms with van der Waals surface area (Å²) in [5.74, 6) is 0.996. The minimum Gasteiger partial charge on any atom is -0.496 e. The topological polar surface area (TPSA) is 55.3 Å². The Balaban J connectivity index is 1.51. The Morgan fingerprint density at radius 1 is 1.18 bits per heavy atom. The number of H-pyrrole nitrogens is 1. The standard InChI is InChI=1S/C23H27N3O2/c1-27-21-7-6-16(14-17(21)15-26-10-12-28-13-11-26)22-23-19(8-9-24-22)18-4-2-3-5-20(18)25-23/h2-7,14,22,24-25H,8-13,15H2,1H3/p+2/t22-/m0/s1. The van der Waals surface area contributed by atoms with Gasteiger partial charge in [0.2, 0.25) is 0 Å². The van der Waals surface area contributed by atoms with E-state index in [9.17, 15) is 0 Å². The lowest BCUT2D eigenvalue weighted by Gasteiger charge is -2.26. The van der Waals surface area contributed by atoms with Crippen LogP contribution in [0.25, 0.3) is 10.9 Å². The summed E-state index contributed by atoms with van der Waals surface area (Å²) in [7, 11) is 1.77. The molecule has 2 aliphatic heterocycles. The van der Waals surface area contributed by atoms with E-state index in [-0.39, 0.29) is 0 Å². The van der Waals surface area contributed by atoms with E-state index in [0.717, 1.165) is 51.6 Å². The van der Waals surface area contributed by atoms with Crippen molar-refractivity contribution in [3.05, 3.63) is 64.8 Å². The molecule has 146 valence electrons. The zero-order valence-corrected chi connectivity index (χ0v) is 16.5. The third-order valence-electron chi connectivity index (χ3n) is 6.26. The minimum atomic E-state index is 0.320. The second-order valence-electron chi connectivity index (χ2n) is 7.93. The van der Waals surface area contributed by atoms with Gasteiger partial charge in [0.25, 0.3) is 0 Å². The number of aromatic amines is 1. The largest absolute Gasteiger partial charge is 0.496 e. The Hall–Kier alpha value is -2.34. The number of hydrogen-bond acceptors (Lipinski definition) is 2.